The first-order valence-corrected chi connectivity index (χ1v) is 10.9. The predicted octanol–water partition coefficient (Wildman–Crippen LogP) is 3.78. The zero-order valence-electron chi connectivity index (χ0n) is 16.5. The van der Waals surface area contributed by atoms with Crippen LogP contribution in [-0.2, 0) is 22.0 Å². The minimum absolute atomic E-state index is 0.227. The van der Waals surface area contributed by atoms with Crippen molar-refractivity contribution in [3.8, 4) is 5.75 Å². The van der Waals surface area contributed by atoms with E-state index in [0.29, 0.717) is 11.7 Å². The van der Waals surface area contributed by atoms with Gasteiger partial charge in [0.15, 0.2) is 0 Å². The normalized spacial score (nSPS) is 16.0. The molecule has 148 valence electrons. The van der Waals surface area contributed by atoms with Crippen molar-refractivity contribution >= 4 is 10.0 Å². The SMILES string of the molecule is COc1ccc(CNS(=O)(=O)c2cn(C3CCCC3)nc2C(C)(C)C)cc1. The molecule has 1 fully saturated rings. The van der Waals surface area contributed by atoms with Gasteiger partial charge in [0.25, 0.3) is 0 Å². The van der Waals surface area contributed by atoms with Crippen molar-refractivity contribution in [2.75, 3.05) is 7.11 Å². The zero-order chi connectivity index (χ0) is 19.7. The van der Waals surface area contributed by atoms with Gasteiger partial charge < -0.3 is 4.74 Å². The molecule has 0 bridgehead atoms. The van der Waals surface area contributed by atoms with Crippen LogP contribution in [0.2, 0.25) is 0 Å². The van der Waals surface area contributed by atoms with Crippen LogP contribution in [0.4, 0.5) is 0 Å². The van der Waals surface area contributed by atoms with Crippen LogP contribution in [0.3, 0.4) is 0 Å². The second-order valence-corrected chi connectivity index (χ2v) is 9.92. The van der Waals surface area contributed by atoms with Gasteiger partial charge in [-0.3, -0.25) is 4.68 Å². The maximum Gasteiger partial charge on any atom is 0.244 e. The van der Waals surface area contributed by atoms with E-state index in [1.807, 2.05) is 49.7 Å². The van der Waals surface area contributed by atoms with Crippen molar-refractivity contribution in [1.82, 2.24) is 14.5 Å². The van der Waals surface area contributed by atoms with Crippen LogP contribution in [-0.4, -0.2) is 25.3 Å². The Morgan fingerprint density at radius 3 is 2.37 bits per heavy atom. The number of nitrogens with zero attached hydrogens (tertiary/aromatic N) is 2. The molecule has 1 saturated carbocycles. The number of methoxy groups -OCH3 is 1. The number of benzene rings is 1. The molecule has 0 radical (unpaired) electrons. The molecular formula is C20H29N3O3S. The first kappa shape index (κ1) is 19.9. The van der Waals surface area contributed by atoms with Gasteiger partial charge in [0.1, 0.15) is 10.6 Å². The highest BCUT2D eigenvalue weighted by molar-refractivity contribution is 7.89. The molecule has 6 nitrogen and oxygen atoms in total. The van der Waals surface area contributed by atoms with Crippen LogP contribution in [0.25, 0.3) is 0 Å². The molecule has 0 atom stereocenters. The van der Waals surface area contributed by atoms with Crippen LogP contribution < -0.4 is 9.46 Å². The maximum absolute atomic E-state index is 13.0. The molecule has 0 spiro atoms. The fourth-order valence-corrected chi connectivity index (χ4v) is 4.81. The summed E-state index contributed by atoms with van der Waals surface area (Å²) in [6, 6.07) is 7.66. The molecule has 0 saturated heterocycles. The van der Waals surface area contributed by atoms with E-state index in [9.17, 15) is 8.42 Å². The van der Waals surface area contributed by atoms with Gasteiger partial charge in [0, 0.05) is 18.2 Å². The van der Waals surface area contributed by atoms with Gasteiger partial charge in [-0.05, 0) is 30.5 Å². The molecule has 2 aromatic rings. The summed E-state index contributed by atoms with van der Waals surface area (Å²) in [6.07, 6.45) is 6.18. The Kier molecular flexibility index (Phi) is 5.63. The Hall–Kier alpha value is -1.86. The molecule has 0 aliphatic heterocycles. The van der Waals surface area contributed by atoms with E-state index < -0.39 is 10.0 Å². The van der Waals surface area contributed by atoms with Gasteiger partial charge in [0.05, 0.1) is 18.8 Å². The van der Waals surface area contributed by atoms with Crippen LogP contribution in [0.15, 0.2) is 35.4 Å². The monoisotopic (exact) mass is 391 g/mol. The maximum atomic E-state index is 13.0. The summed E-state index contributed by atoms with van der Waals surface area (Å²) in [5, 5.41) is 4.69. The van der Waals surface area contributed by atoms with Crippen molar-refractivity contribution < 1.29 is 13.2 Å². The second-order valence-electron chi connectivity index (χ2n) is 8.18. The lowest BCUT2D eigenvalue weighted by molar-refractivity contribution is 0.414. The highest BCUT2D eigenvalue weighted by Gasteiger charge is 2.31. The Balaban J connectivity index is 1.85. The number of ether oxygens (including phenoxy) is 1. The fraction of sp³-hybridized carbons (Fsp3) is 0.550. The first-order chi connectivity index (χ1) is 12.7. The summed E-state index contributed by atoms with van der Waals surface area (Å²) in [5.74, 6) is 0.745. The smallest absolute Gasteiger partial charge is 0.244 e. The molecule has 0 unspecified atom stereocenters. The molecule has 1 aromatic carbocycles. The predicted molar refractivity (Wildman–Crippen MR) is 105 cm³/mol. The largest absolute Gasteiger partial charge is 0.497 e. The summed E-state index contributed by atoms with van der Waals surface area (Å²) in [4.78, 5) is 0.287. The van der Waals surface area contributed by atoms with E-state index in [4.69, 9.17) is 4.74 Å². The van der Waals surface area contributed by atoms with E-state index >= 15 is 0 Å². The second kappa shape index (κ2) is 7.64. The van der Waals surface area contributed by atoms with Crippen LogP contribution in [0, 0.1) is 0 Å². The van der Waals surface area contributed by atoms with Crippen molar-refractivity contribution in [1.29, 1.82) is 0 Å². The van der Waals surface area contributed by atoms with Gasteiger partial charge in [-0.2, -0.15) is 5.10 Å². The van der Waals surface area contributed by atoms with Crippen LogP contribution in [0.5, 0.6) is 5.75 Å². The molecule has 27 heavy (non-hydrogen) atoms. The molecule has 1 aromatic heterocycles. The number of hydrogen-bond acceptors (Lipinski definition) is 4. The van der Waals surface area contributed by atoms with Gasteiger partial charge >= 0.3 is 0 Å². The fourth-order valence-electron chi connectivity index (χ4n) is 3.45. The summed E-state index contributed by atoms with van der Waals surface area (Å²) in [5.41, 5.74) is 1.14. The van der Waals surface area contributed by atoms with Crippen LogP contribution >= 0.6 is 0 Å². The molecule has 7 heteroatoms. The van der Waals surface area contributed by atoms with E-state index in [2.05, 4.69) is 9.82 Å². The van der Waals surface area contributed by atoms with E-state index in [1.165, 1.54) is 12.8 Å². The van der Waals surface area contributed by atoms with Crippen LogP contribution in [0.1, 0.15) is 63.8 Å². The third kappa shape index (κ3) is 4.52. The Bertz CT molecular complexity index is 874. The average molecular weight is 392 g/mol. The van der Waals surface area contributed by atoms with E-state index in [-0.39, 0.29) is 16.9 Å². The molecule has 1 N–H and O–H groups in total. The van der Waals surface area contributed by atoms with E-state index in [1.54, 1.807) is 13.3 Å². The Morgan fingerprint density at radius 1 is 1.19 bits per heavy atom. The minimum atomic E-state index is -3.66. The lowest BCUT2D eigenvalue weighted by atomic mass is 9.92. The Morgan fingerprint density at radius 2 is 1.81 bits per heavy atom. The molecular weight excluding hydrogens is 362 g/mol. The van der Waals surface area contributed by atoms with Crippen molar-refractivity contribution in [3.05, 3.63) is 41.7 Å². The summed E-state index contributed by atoms with van der Waals surface area (Å²) < 4.78 is 35.8. The number of nitrogens with one attached hydrogen (secondary N) is 1. The highest BCUT2D eigenvalue weighted by Crippen LogP contribution is 2.33. The van der Waals surface area contributed by atoms with Crippen molar-refractivity contribution in [2.45, 2.75) is 69.4 Å². The quantitative estimate of drug-likeness (QED) is 0.813. The number of sulfonamides is 1. The van der Waals surface area contributed by atoms with Gasteiger partial charge in [0.2, 0.25) is 10.0 Å². The number of hydrogen-bond donors (Lipinski definition) is 1. The number of aromatic nitrogens is 2. The lowest BCUT2D eigenvalue weighted by Crippen LogP contribution is -2.26. The third-order valence-electron chi connectivity index (χ3n) is 5.02. The zero-order valence-corrected chi connectivity index (χ0v) is 17.3. The first-order valence-electron chi connectivity index (χ1n) is 9.43. The van der Waals surface area contributed by atoms with Gasteiger partial charge in [-0.15, -0.1) is 0 Å². The number of rotatable bonds is 6. The lowest BCUT2D eigenvalue weighted by Gasteiger charge is -2.18. The molecule has 0 amide bonds. The highest BCUT2D eigenvalue weighted by atomic mass is 32.2. The van der Waals surface area contributed by atoms with Crippen molar-refractivity contribution in [2.24, 2.45) is 0 Å². The van der Waals surface area contributed by atoms with Gasteiger partial charge in [-0.1, -0.05) is 45.7 Å². The molecule has 1 aliphatic rings. The minimum Gasteiger partial charge on any atom is -0.497 e. The van der Waals surface area contributed by atoms with Gasteiger partial charge in [-0.25, -0.2) is 13.1 Å². The standard InChI is InChI=1S/C20H29N3O3S/c1-20(2,3)19-18(14-23(22-19)16-7-5-6-8-16)27(24,25)21-13-15-9-11-17(26-4)12-10-15/h9-12,14,16,21H,5-8,13H2,1-4H3. The summed E-state index contributed by atoms with van der Waals surface area (Å²) in [7, 11) is -2.06. The average Bonchev–Trinajstić information content (AvgIpc) is 3.29. The third-order valence-corrected chi connectivity index (χ3v) is 6.42. The van der Waals surface area contributed by atoms with E-state index in [0.717, 1.165) is 24.2 Å². The summed E-state index contributed by atoms with van der Waals surface area (Å²) in [6.45, 7) is 6.22. The molecule has 1 aliphatic carbocycles. The Labute approximate surface area is 162 Å². The topological polar surface area (TPSA) is 73.2 Å². The van der Waals surface area contributed by atoms with Crippen molar-refractivity contribution in [3.63, 3.8) is 0 Å². The molecule has 1 heterocycles. The summed E-state index contributed by atoms with van der Waals surface area (Å²) >= 11 is 0. The molecule has 3 rings (SSSR count).